The first-order valence-electron chi connectivity index (χ1n) is 11.0. The van der Waals surface area contributed by atoms with E-state index in [2.05, 4.69) is 9.71 Å². The highest BCUT2D eigenvalue weighted by Gasteiger charge is 2.24. The summed E-state index contributed by atoms with van der Waals surface area (Å²) in [6, 6.07) is 18.6. The molecular formula is C26H26N2O6S. The van der Waals surface area contributed by atoms with E-state index >= 15 is 0 Å². The van der Waals surface area contributed by atoms with Gasteiger partial charge in [0.2, 0.25) is 10.0 Å². The van der Waals surface area contributed by atoms with Crippen LogP contribution in [0.15, 0.2) is 77.8 Å². The van der Waals surface area contributed by atoms with E-state index < -0.39 is 16.0 Å². The molecule has 8 nitrogen and oxygen atoms in total. The molecule has 9 heteroatoms. The Morgan fingerprint density at radius 3 is 2.60 bits per heavy atom. The number of H-pyrrole nitrogens is 1. The number of sulfonamides is 1. The van der Waals surface area contributed by atoms with Crippen LogP contribution in [-0.4, -0.2) is 44.7 Å². The minimum Gasteiger partial charge on any atom is -0.493 e. The van der Waals surface area contributed by atoms with Crippen molar-refractivity contribution in [2.75, 3.05) is 20.3 Å². The Labute approximate surface area is 203 Å². The van der Waals surface area contributed by atoms with E-state index in [4.69, 9.17) is 9.47 Å². The molecule has 3 aromatic carbocycles. The Balaban J connectivity index is 1.73. The Morgan fingerprint density at radius 1 is 1.06 bits per heavy atom. The predicted octanol–water partition coefficient (Wildman–Crippen LogP) is 4.38. The third-order valence-corrected chi connectivity index (χ3v) is 7.18. The fourth-order valence-electron chi connectivity index (χ4n) is 4.04. The molecule has 182 valence electrons. The normalized spacial score (nSPS) is 12.4. The van der Waals surface area contributed by atoms with E-state index in [-0.39, 0.29) is 22.9 Å². The van der Waals surface area contributed by atoms with Gasteiger partial charge >= 0.3 is 5.97 Å². The summed E-state index contributed by atoms with van der Waals surface area (Å²) >= 11 is 0. The molecule has 0 aliphatic rings. The first-order valence-corrected chi connectivity index (χ1v) is 12.5. The number of aromatic amines is 1. The number of rotatable bonds is 10. The molecule has 0 spiro atoms. The number of benzene rings is 3. The predicted molar refractivity (Wildman–Crippen MR) is 133 cm³/mol. The van der Waals surface area contributed by atoms with Gasteiger partial charge in [-0.2, -0.15) is 0 Å². The first kappa shape index (κ1) is 24.3. The second kappa shape index (κ2) is 10.2. The van der Waals surface area contributed by atoms with Crippen LogP contribution in [0, 0.1) is 0 Å². The number of fused-ring (bicyclic) bond motifs is 1. The number of para-hydroxylation sites is 1. The number of hydrogen-bond acceptors (Lipinski definition) is 5. The molecule has 4 rings (SSSR count). The molecule has 0 saturated heterocycles. The van der Waals surface area contributed by atoms with Crippen molar-refractivity contribution in [1.82, 2.24) is 9.71 Å². The van der Waals surface area contributed by atoms with Crippen LogP contribution in [0.1, 0.15) is 34.3 Å². The summed E-state index contributed by atoms with van der Waals surface area (Å²) in [5.74, 6) is -0.415. The second-order valence-corrected chi connectivity index (χ2v) is 9.64. The Morgan fingerprint density at radius 2 is 1.86 bits per heavy atom. The molecule has 35 heavy (non-hydrogen) atoms. The van der Waals surface area contributed by atoms with E-state index in [1.165, 1.54) is 18.2 Å². The van der Waals surface area contributed by atoms with E-state index in [1.54, 1.807) is 7.11 Å². The van der Waals surface area contributed by atoms with Gasteiger partial charge in [-0.1, -0.05) is 30.3 Å². The monoisotopic (exact) mass is 494 g/mol. The molecule has 0 aliphatic carbocycles. The maximum Gasteiger partial charge on any atom is 0.335 e. The van der Waals surface area contributed by atoms with Crippen molar-refractivity contribution >= 4 is 26.9 Å². The molecule has 3 N–H and O–H groups in total. The molecule has 0 saturated carbocycles. The molecule has 0 aliphatic heterocycles. The van der Waals surface area contributed by atoms with Gasteiger partial charge in [-0.25, -0.2) is 17.9 Å². The zero-order chi connectivity index (χ0) is 25.0. The van der Waals surface area contributed by atoms with Gasteiger partial charge in [-0.05, 0) is 54.4 Å². The maximum absolute atomic E-state index is 13.1. The minimum atomic E-state index is -3.98. The first-order chi connectivity index (χ1) is 16.8. The maximum atomic E-state index is 13.1. The third kappa shape index (κ3) is 5.16. The van der Waals surface area contributed by atoms with Crippen molar-refractivity contribution in [3.05, 3.63) is 89.6 Å². The van der Waals surface area contributed by atoms with Crippen molar-refractivity contribution in [3.63, 3.8) is 0 Å². The Bertz CT molecular complexity index is 1460. The number of carbonyl (C=O) groups is 1. The fourth-order valence-corrected chi connectivity index (χ4v) is 5.13. The number of hydrogen-bond donors (Lipinski definition) is 3. The molecule has 0 unspecified atom stereocenters. The Hall–Kier alpha value is -3.82. The van der Waals surface area contributed by atoms with Crippen molar-refractivity contribution in [2.45, 2.75) is 17.7 Å². The topological polar surface area (TPSA) is 118 Å². The lowest BCUT2D eigenvalue weighted by atomic mass is 9.91. The lowest BCUT2D eigenvalue weighted by Crippen LogP contribution is -2.29. The zero-order valence-electron chi connectivity index (χ0n) is 19.3. The Kier molecular flexibility index (Phi) is 7.09. The van der Waals surface area contributed by atoms with Crippen molar-refractivity contribution in [3.8, 4) is 11.5 Å². The average Bonchev–Trinajstić information content (AvgIpc) is 3.29. The molecular weight excluding hydrogens is 468 g/mol. The van der Waals surface area contributed by atoms with E-state index in [0.717, 1.165) is 28.1 Å². The lowest BCUT2D eigenvalue weighted by Gasteiger charge is -2.20. The largest absolute Gasteiger partial charge is 0.493 e. The summed E-state index contributed by atoms with van der Waals surface area (Å²) < 4.78 is 40.0. The number of methoxy groups -OCH3 is 1. The van der Waals surface area contributed by atoms with Gasteiger partial charge in [-0.15, -0.1) is 0 Å². The van der Waals surface area contributed by atoms with Crippen molar-refractivity contribution in [2.24, 2.45) is 0 Å². The van der Waals surface area contributed by atoms with E-state index in [1.807, 2.05) is 55.6 Å². The van der Waals surface area contributed by atoms with Gasteiger partial charge in [-0.3, -0.25) is 0 Å². The van der Waals surface area contributed by atoms with Crippen LogP contribution in [0.2, 0.25) is 0 Å². The molecule has 1 heterocycles. The molecule has 0 amide bonds. The number of ether oxygens (including phenoxy) is 2. The molecule has 1 aromatic heterocycles. The number of aromatic nitrogens is 1. The zero-order valence-corrected chi connectivity index (χ0v) is 20.1. The smallest absolute Gasteiger partial charge is 0.335 e. The molecule has 1 atom stereocenters. The van der Waals surface area contributed by atoms with Crippen LogP contribution in [0.3, 0.4) is 0 Å². The molecule has 0 fully saturated rings. The summed E-state index contributed by atoms with van der Waals surface area (Å²) in [5, 5.41) is 10.2. The van der Waals surface area contributed by atoms with Gasteiger partial charge in [0.15, 0.2) is 11.5 Å². The third-order valence-electron chi connectivity index (χ3n) is 5.76. The highest BCUT2D eigenvalue weighted by Crippen LogP contribution is 2.36. The molecule has 0 bridgehead atoms. The van der Waals surface area contributed by atoms with Gasteiger partial charge < -0.3 is 19.6 Å². The lowest BCUT2D eigenvalue weighted by molar-refractivity contribution is 0.0696. The highest BCUT2D eigenvalue weighted by atomic mass is 32.2. The van der Waals surface area contributed by atoms with E-state index in [9.17, 15) is 18.3 Å². The number of carboxylic acid groups (broad SMARTS) is 1. The minimum absolute atomic E-state index is 0.0403. The standard InChI is InChI=1S/C26H26N2O6S/c1-3-34-24-12-11-17(14-25(24)33-2)21(22-15-27-23-10-5-4-9-20(22)23)16-28-35(31,32)19-8-6-7-18(13-19)26(29)30/h4-15,21,27-28H,3,16H2,1-2H3,(H,29,30)/t21-/m0/s1. The summed E-state index contributed by atoms with van der Waals surface area (Å²) in [4.78, 5) is 14.4. The number of carboxylic acids is 1. The fraction of sp³-hybridized carbons (Fsp3) is 0.192. The van der Waals surface area contributed by atoms with Crippen LogP contribution < -0.4 is 14.2 Å². The van der Waals surface area contributed by atoms with Crippen molar-refractivity contribution < 1.29 is 27.8 Å². The van der Waals surface area contributed by atoms with Gasteiger partial charge in [0, 0.05) is 29.6 Å². The van der Waals surface area contributed by atoms with Gasteiger partial charge in [0.05, 0.1) is 24.2 Å². The van der Waals surface area contributed by atoms with Crippen LogP contribution >= 0.6 is 0 Å². The van der Waals surface area contributed by atoms with Crippen LogP contribution in [0.4, 0.5) is 0 Å². The van der Waals surface area contributed by atoms with Crippen LogP contribution in [-0.2, 0) is 10.0 Å². The summed E-state index contributed by atoms with van der Waals surface area (Å²) in [6.07, 6.45) is 1.87. The summed E-state index contributed by atoms with van der Waals surface area (Å²) in [5.41, 5.74) is 2.57. The second-order valence-electron chi connectivity index (χ2n) is 7.87. The summed E-state index contributed by atoms with van der Waals surface area (Å²) in [7, 11) is -2.42. The number of aromatic carboxylic acids is 1. The molecule has 4 aromatic rings. The summed E-state index contributed by atoms with van der Waals surface area (Å²) in [6.45, 7) is 2.41. The van der Waals surface area contributed by atoms with E-state index in [0.29, 0.717) is 18.1 Å². The van der Waals surface area contributed by atoms with Gasteiger partial charge in [0.1, 0.15) is 0 Å². The van der Waals surface area contributed by atoms with Crippen LogP contribution in [0.25, 0.3) is 10.9 Å². The average molecular weight is 495 g/mol. The molecule has 0 radical (unpaired) electrons. The number of nitrogens with one attached hydrogen (secondary N) is 2. The SMILES string of the molecule is CCOc1ccc([C@H](CNS(=O)(=O)c2cccc(C(=O)O)c2)c2c[nH]c3ccccc23)cc1OC. The highest BCUT2D eigenvalue weighted by molar-refractivity contribution is 7.89. The van der Waals surface area contributed by atoms with Crippen molar-refractivity contribution in [1.29, 1.82) is 0 Å². The van der Waals surface area contributed by atoms with Crippen LogP contribution in [0.5, 0.6) is 11.5 Å². The van der Waals surface area contributed by atoms with Gasteiger partial charge in [0.25, 0.3) is 0 Å². The quantitative estimate of drug-likeness (QED) is 0.301.